The first kappa shape index (κ1) is 25.1. The summed E-state index contributed by atoms with van der Waals surface area (Å²) in [5.41, 5.74) is 0.279. The van der Waals surface area contributed by atoms with E-state index in [-0.39, 0.29) is 0 Å². The predicted molar refractivity (Wildman–Crippen MR) is 136 cm³/mol. The topological polar surface area (TPSA) is 69.0 Å². The highest BCUT2D eigenvalue weighted by molar-refractivity contribution is 5.43. The Balaban J connectivity index is 1.31. The van der Waals surface area contributed by atoms with Gasteiger partial charge in [-0.15, -0.1) is 0 Å². The Labute approximate surface area is 208 Å². The van der Waals surface area contributed by atoms with Crippen molar-refractivity contribution < 1.29 is 19.3 Å². The van der Waals surface area contributed by atoms with Gasteiger partial charge < -0.3 is 23.9 Å². The Morgan fingerprint density at radius 2 is 1.94 bits per heavy atom. The van der Waals surface area contributed by atoms with Crippen LogP contribution in [0.3, 0.4) is 0 Å². The number of β-amino-alcohol motifs (C(OH)–C–C–N with tert-alkyl or cyclic N) is 1. The number of likely N-dealkylation sites (tertiary alicyclic amines) is 1. The molecule has 188 valence electrons. The molecule has 1 aliphatic heterocycles. The molecule has 3 aromatic rings. The molecule has 0 spiro atoms. The predicted octanol–water partition coefficient (Wildman–Crippen LogP) is 4.33. The van der Waals surface area contributed by atoms with Gasteiger partial charge in [0.25, 0.3) is 0 Å². The Kier molecular flexibility index (Phi) is 8.66. The van der Waals surface area contributed by atoms with E-state index in [1.165, 1.54) is 0 Å². The highest BCUT2D eigenvalue weighted by Gasteiger charge is 2.34. The molecule has 7 nitrogen and oxygen atoms in total. The van der Waals surface area contributed by atoms with Crippen LogP contribution in [-0.4, -0.2) is 58.6 Å². The van der Waals surface area contributed by atoms with Crippen LogP contribution in [0.4, 0.5) is 0 Å². The summed E-state index contributed by atoms with van der Waals surface area (Å²) in [5, 5.41) is 11.2. The molecule has 0 saturated carbocycles. The fraction of sp³-hybridized carbons (Fsp3) is 0.464. The maximum atomic E-state index is 11.2. The number of aromatic nitrogens is 2. The summed E-state index contributed by atoms with van der Waals surface area (Å²) in [7, 11) is 1.67. The van der Waals surface area contributed by atoms with Gasteiger partial charge in [0.1, 0.15) is 23.8 Å². The number of aryl methyl sites for hydroxylation is 2. The van der Waals surface area contributed by atoms with Gasteiger partial charge in [0.2, 0.25) is 0 Å². The zero-order valence-corrected chi connectivity index (χ0v) is 20.9. The number of para-hydroxylation sites is 1. The molecule has 1 unspecified atom stereocenters. The highest BCUT2D eigenvalue weighted by atomic mass is 16.5. The smallest absolute Gasteiger partial charge is 0.161 e. The number of methoxy groups -OCH3 is 1. The van der Waals surface area contributed by atoms with Gasteiger partial charge in [-0.05, 0) is 55.6 Å². The molecule has 2 heterocycles. The maximum absolute atomic E-state index is 11.2. The van der Waals surface area contributed by atoms with Crippen molar-refractivity contribution in [3.63, 3.8) is 0 Å². The van der Waals surface area contributed by atoms with E-state index in [9.17, 15) is 5.11 Å². The Bertz CT molecular complexity index is 1060. The average Bonchev–Trinajstić information content (AvgIpc) is 3.34. The molecule has 35 heavy (non-hydrogen) atoms. The molecular weight excluding hydrogens is 442 g/mol. The van der Waals surface area contributed by atoms with E-state index in [4.69, 9.17) is 14.2 Å². The van der Waals surface area contributed by atoms with Crippen LogP contribution in [0, 0.1) is 0 Å². The number of hydrogen-bond acceptors (Lipinski definition) is 6. The largest absolute Gasteiger partial charge is 0.493 e. The minimum absolute atomic E-state index is 0.293. The van der Waals surface area contributed by atoms with Crippen molar-refractivity contribution in [2.45, 2.75) is 51.3 Å². The van der Waals surface area contributed by atoms with Crippen LogP contribution in [0.25, 0.3) is 0 Å². The molecule has 1 N–H and O–H groups in total. The summed E-state index contributed by atoms with van der Waals surface area (Å²) in [6.07, 6.45) is 7.35. The second kappa shape index (κ2) is 12.1. The van der Waals surface area contributed by atoms with E-state index in [0.29, 0.717) is 19.8 Å². The normalized spacial score (nSPS) is 18.4. The zero-order chi connectivity index (χ0) is 24.5. The first-order valence-corrected chi connectivity index (χ1v) is 12.5. The number of piperidine rings is 1. The quantitative estimate of drug-likeness (QED) is 0.390. The summed E-state index contributed by atoms with van der Waals surface area (Å²) >= 11 is 0. The molecule has 0 radical (unpaired) electrons. The van der Waals surface area contributed by atoms with E-state index in [1.807, 2.05) is 48.8 Å². The lowest BCUT2D eigenvalue weighted by Crippen LogP contribution is -2.51. The van der Waals surface area contributed by atoms with Gasteiger partial charge in [-0.1, -0.05) is 31.2 Å². The number of aliphatic hydroxyl groups is 1. The lowest BCUT2D eigenvalue weighted by molar-refractivity contribution is -0.0621. The van der Waals surface area contributed by atoms with Crippen molar-refractivity contribution in [2.75, 3.05) is 33.4 Å². The molecule has 2 aromatic carbocycles. The minimum Gasteiger partial charge on any atom is -0.493 e. The Morgan fingerprint density at radius 1 is 1.09 bits per heavy atom. The van der Waals surface area contributed by atoms with Crippen LogP contribution in [-0.2, 0) is 19.5 Å². The SMILES string of the molecule is CCc1nccn1CCCOc1cc(CN2CCCC(O)(COc3ccccc3)C2)ccc1OC. The van der Waals surface area contributed by atoms with Crippen LogP contribution in [0.15, 0.2) is 60.9 Å². The van der Waals surface area contributed by atoms with Crippen LogP contribution < -0.4 is 14.2 Å². The summed E-state index contributed by atoms with van der Waals surface area (Å²) in [6.45, 7) is 6.15. The molecule has 0 bridgehead atoms. The number of nitrogens with zero attached hydrogens (tertiary/aromatic N) is 3. The summed E-state index contributed by atoms with van der Waals surface area (Å²) in [4.78, 5) is 6.66. The molecule has 1 aliphatic rings. The maximum Gasteiger partial charge on any atom is 0.161 e. The van der Waals surface area contributed by atoms with E-state index >= 15 is 0 Å². The van der Waals surface area contributed by atoms with Crippen LogP contribution in [0.5, 0.6) is 17.2 Å². The number of benzene rings is 2. The Hall–Kier alpha value is -3.03. The van der Waals surface area contributed by atoms with Crippen molar-refractivity contribution in [2.24, 2.45) is 0 Å². The van der Waals surface area contributed by atoms with Crippen molar-refractivity contribution >= 4 is 0 Å². The van der Waals surface area contributed by atoms with Crippen molar-refractivity contribution in [1.29, 1.82) is 0 Å². The van der Waals surface area contributed by atoms with Gasteiger partial charge in [-0.2, -0.15) is 0 Å². The van der Waals surface area contributed by atoms with Crippen molar-refractivity contribution in [3.05, 3.63) is 72.3 Å². The van der Waals surface area contributed by atoms with E-state index < -0.39 is 5.60 Å². The van der Waals surface area contributed by atoms with E-state index in [1.54, 1.807) is 7.11 Å². The van der Waals surface area contributed by atoms with Gasteiger partial charge in [0.15, 0.2) is 11.5 Å². The molecule has 7 heteroatoms. The number of imidazole rings is 1. The number of ether oxygens (including phenoxy) is 3. The van der Waals surface area contributed by atoms with Crippen LogP contribution in [0.1, 0.15) is 37.6 Å². The average molecular weight is 480 g/mol. The second-order valence-corrected chi connectivity index (χ2v) is 9.22. The molecular formula is C28H37N3O4. The Morgan fingerprint density at radius 3 is 2.74 bits per heavy atom. The number of hydrogen-bond donors (Lipinski definition) is 1. The highest BCUT2D eigenvalue weighted by Crippen LogP contribution is 2.30. The van der Waals surface area contributed by atoms with Gasteiger partial charge in [0, 0.05) is 38.4 Å². The summed E-state index contributed by atoms with van der Waals surface area (Å²) < 4.78 is 19.7. The lowest BCUT2D eigenvalue weighted by atomic mass is 9.93. The molecule has 1 atom stereocenters. The van der Waals surface area contributed by atoms with Gasteiger partial charge in [0.05, 0.1) is 13.7 Å². The molecule has 0 aliphatic carbocycles. The molecule has 4 rings (SSSR count). The fourth-order valence-electron chi connectivity index (χ4n) is 4.66. The zero-order valence-electron chi connectivity index (χ0n) is 20.9. The van der Waals surface area contributed by atoms with Crippen LogP contribution in [0.2, 0.25) is 0 Å². The first-order chi connectivity index (χ1) is 17.1. The third kappa shape index (κ3) is 6.99. The van der Waals surface area contributed by atoms with E-state index in [2.05, 4.69) is 33.5 Å². The van der Waals surface area contributed by atoms with Gasteiger partial charge in [-0.3, -0.25) is 4.90 Å². The minimum atomic E-state index is -0.857. The molecule has 1 aromatic heterocycles. The standard InChI is InChI=1S/C28H37N3O4/c1-3-27-29-14-17-31(27)16-8-18-34-26-19-23(11-12-25(26)33-2)20-30-15-7-13-28(32,21-30)22-35-24-9-5-4-6-10-24/h4-6,9-12,14,17,19,32H,3,7-8,13,15-16,18,20-22H2,1-2H3. The van der Waals surface area contributed by atoms with Crippen molar-refractivity contribution in [1.82, 2.24) is 14.5 Å². The van der Waals surface area contributed by atoms with E-state index in [0.717, 1.165) is 74.0 Å². The summed E-state index contributed by atoms with van der Waals surface area (Å²) in [6, 6.07) is 15.8. The molecule has 1 fully saturated rings. The molecule has 1 saturated heterocycles. The molecule has 0 amide bonds. The lowest BCUT2D eigenvalue weighted by Gasteiger charge is -2.39. The number of rotatable bonds is 12. The summed E-state index contributed by atoms with van der Waals surface area (Å²) in [5.74, 6) is 3.37. The second-order valence-electron chi connectivity index (χ2n) is 9.22. The monoisotopic (exact) mass is 479 g/mol. The van der Waals surface area contributed by atoms with Crippen LogP contribution >= 0.6 is 0 Å². The third-order valence-corrected chi connectivity index (χ3v) is 6.44. The van der Waals surface area contributed by atoms with Crippen molar-refractivity contribution in [3.8, 4) is 17.2 Å². The van der Waals surface area contributed by atoms with Gasteiger partial charge >= 0.3 is 0 Å². The third-order valence-electron chi connectivity index (χ3n) is 6.44. The van der Waals surface area contributed by atoms with Gasteiger partial charge in [-0.25, -0.2) is 4.98 Å². The fourth-order valence-corrected chi connectivity index (χ4v) is 4.66. The first-order valence-electron chi connectivity index (χ1n) is 12.5.